The number of hydrogen-bond acceptors (Lipinski definition) is 3. The second kappa shape index (κ2) is 6.76. The van der Waals surface area contributed by atoms with E-state index in [-0.39, 0.29) is 11.6 Å². The molecule has 1 unspecified atom stereocenters. The smallest absolute Gasteiger partial charge is 0.258 e. The first-order valence-corrected chi connectivity index (χ1v) is 8.72. The number of fused-ring (bicyclic) bond motifs is 1. The van der Waals surface area contributed by atoms with Crippen LogP contribution < -0.4 is 5.32 Å². The van der Waals surface area contributed by atoms with Crippen molar-refractivity contribution in [3.63, 3.8) is 0 Å². The molecule has 0 saturated heterocycles. The summed E-state index contributed by atoms with van der Waals surface area (Å²) in [4.78, 5) is 21.2. The molecule has 1 amide bonds. The SMILES string of the molecule is Cc1ccc(F)c(C(=O)Nc2cccc(-c3cncc4c3C=NC4C)c2)c1. The maximum Gasteiger partial charge on any atom is 0.258 e. The lowest BCUT2D eigenvalue weighted by Crippen LogP contribution is -2.14. The predicted octanol–water partition coefficient (Wildman–Crippen LogP) is 4.94. The lowest BCUT2D eigenvalue weighted by atomic mass is 9.98. The lowest BCUT2D eigenvalue weighted by molar-refractivity contribution is 0.102. The zero-order valence-corrected chi connectivity index (χ0v) is 15.0. The van der Waals surface area contributed by atoms with Crippen LogP contribution in [0.2, 0.25) is 0 Å². The zero-order valence-electron chi connectivity index (χ0n) is 15.0. The van der Waals surface area contributed by atoms with Gasteiger partial charge in [0.2, 0.25) is 0 Å². The number of benzene rings is 2. The van der Waals surface area contributed by atoms with Gasteiger partial charge in [-0.3, -0.25) is 14.8 Å². The van der Waals surface area contributed by atoms with E-state index in [1.54, 1.807) is 24.4 Å². The Labute approximate surface area is 156 Å². The summed E-state index contributed by atoms with van der Waals surface area (Å²) in [6, 6.07) is 12.0. The maximum absolute atomic E-state index is 14.0. The molecule has 1 atom stereocenters. The monoisotopic (exact) mass is 359 g/mol. The number of nitrogens with one attached hydrogen (secondary N) is 1. The van der Waals surface area contributed by atoms with Gasteiger partial charge in [-0.15, -0.1) is 0 Å². The molecular formula is C22H18FN3O. The zero-order chi connectivity index (χ0) is 19.0. The summed E-state index contributed by atoms with van der Waals surface area (Å²) in [5, 5.41) is 2.78. The summed E-state index contributed by atoms with van der Waals surface area (Å²) in [5.74, 6) is -1.01. The van der Waals surface area contributed by atoms with Crippen LogP contribution >= 0.6 is 0 Å². The number of rotatable bonds is 3. The third-order valence-corrected chi connectivity index (χ3v) is 4.69. The molecule has 2 aromatic carbocycles. The number of aromatic nitrogens is 1. The summed E-state index contributed by atoms with van der Waals surface area (Å²) in [6.45, 7) is 3.85. The molecule has 27 heavy (non-hydrogen) atoms. The molecule has 2 heterocycles. The number of aliphatic imine (C=N–C) groups is 1. The van der Waals surface area contributed by atoms with Crippen LogP contribution in [-0.2, 0) is 0 Å². The molecule has 0 radical (unpaired) electrons. The van der Waals surface area contributed by atoms with Gasteiger partial charge in [-0.2, -0.15) is 0 Å². The third-order valence-electron chi connectivity index (χ3n) is 4.69. The molecule has 4 rings (SSSR count). The van der Waals surface area contributed by atoms with Crippen molar-refractivity contribution in [2.75, 3.05) is 5.32 Å². The molecule has 0 fully saturated rings. The molecule has 0 aliphatic carbocycles. The van der Waals surface area contributed by atoms with Gasteiger partial charge in [0.05, 0.1) is 11.6 Å². The minimum absolute atomic E-state index is 0.0311. The van der Waals surface area contributed by atoms with E-state index < -0.39 is 11.7 Å². The summed E-state index contributed by atoms with van der Waals surface area (Å²) in [5.41, 5.74) is 5.47. The molecule has 1 aromatic heterocycles. The number of amides is 1. The molecule has 134 valence electrons. The van der Waals surface area contributed by atoms with Crippen LogP contribution in [0.4, 0.5) is 10.1 Å². The van der Waals surface area contributed by atoms with Crippen LogP contribution in [0.15, 0.2) is 59.9 Å². The van der Waals surface area contributed by atoms with Gasteiger partial charge >= 0.3 is 0 Å². The molecule has 0 saturated carbocycles. The topological polar surface area (TPSA) is 54.4 Å². The van der Waals surface area contributed by atoms with Crippen molar-refractivity contribution in [2.45, 2.75) is 19.9 Å². The number of anilines is 1. The van der Waals surface area contributed by atoms with Crippen LogP contribution in [0, 0.1) is 12.7 Å². The predicted molar refractivity (Wildman–Crippen MR) is 105 cm³/mol. The number of pyridine rings is 1. The number of carbonyl (C=O) groups is 1. The molecule has 0 bridgehead atoms. The summed E-state index contributed by atoms with van der Waals surface area (Å²) in [7, 11) is 0. The van der Waals surface area contributed by atoms with Gasteiger partial charge in [-0.1, -0.05) is 23.8 Å². The van der Waals surface area contributed by atoms with E-state index in [0.29, 0.717) is 5.69 Å². The fraction of sp³-hybridized carbons (Fsp3) is 0.136. The maximum atomic E-state index is 14.0. The van der Waals surface area contributed by atoms with Crippen LogP contribution in [0.3, 0.4) is 0 Å². The molecule has 1 aliphatic heterocycles. The second-order valence-electron chi connectivity index (χ2n) is 6.66. The van der Waals surface area contributed by atoms with E-state index in [9.17, 15) is 9.18 Å². The van der Waals surface area contributed by atoms with Crippen LogP contribution in [0.1, 0.15) is 40.0 Å². The van der Waals surface area contributed by atoms with Gasteiger partial charge in [-0.25, -0.2) is 4.39 Å². The molecule has 5 heteroatoms. The average Bonchev–Trinajstić information content (AvgIpc) is 3.05. The van der Waals surface area contributed by atoms with Crippen LogP contribution in [-0.4, -0.2) is 17.1 Å². The Balaban J connectivity index is 1.66. The first-order chi connectivity index (χ1) is 13.0. The largest absolute Gasteiger partial charge is 0.322 e. The van der Waals surface area contributed by atoms with Crippen molar-refractivity contribution in [1.29, 1.82) is 0 Å². The van der Waals surface area contributed by atoms with E-state index in [1.807, 2.05) is 44.5 Å². The molecule has 1 aliphatic rings. The Bertz CT molecular complexity index is 1070. The summed E-state index contributed by atoms with van der Waals surface area (Å²) in [6.07, 6.45) is 5.50. The standard InChI is InChI=1S/C22H18FN3O/c1-13-6-7-21(23)17(8-13)22(27)26-16-5-3-4-15(9-16)19-11-24-10-18-14(2)25-12-20(18)19/h3-12,14H,1-2H3,(H,26,27). The Hall–Kier alpha value is -3.34. The van der Waals surface area contributed by atoms with Gasteiger partial charge in [0, 0.05) is 41.0 Å². The van der Waals surface area contributed by atoms with Crippen LogP contribution in [0.5, 0.6) is 0 Å². The number of carbonyl (C=O) groups excluding carboxylic acids is 1. The highest BCUT2D eigenvalue weighted by molar-refractivity contribution is 6.05. The average molecular weight is 359 g/mol. The minimum atomic E-state index is -0.537. The van der Waals surface area contributed by atoms with Crippen molar-refractivity contribution in [3.05, 3.63) is 82.9 Å². The van der Waals surface area contributed by atoms with Crippen molar-refractivity contribution >= 4 is 17.8 Å². The number of halogens is 1. The molecule has 1 N–H and O–H groups in total. The summed E-state index contributed by atoms with van der Waals surface area (Å²) >= 11 is 0. The van der Waals surface area contributed by atoms with Crippen molar-refractivity contribution in [3.8, 4) is 11.1 Å². The quantitative estimate of drug-likeness (QED) is 0.720. The van der Waals surface area contributed by atoms with Gasteiger partial charge in [0.1, 0.15) is 5.82 Å². The highest BCUT2D eigenvalue weighted by Gasteiger charge is 2.19. The Morgan fingerprint density at radius 3 is 2.85 bits per heavy atom. The number of nitrogens with zero attached hydrogens (tertiary/aromatic N) is 2. The first kappa shape index (κ1) is 17.1. The van der Waals surface area contributed by atoms with E-state index >= 15 is 0 Å². The van der Waals surface area contributed by atoms with E-state index in [2.05, 4.69) is 15.3 Å². The highest BCUT2D eigenvalue weighted by atomic mass is 19.1. The number of hydrogen-bond donors (Lipinski definition) is 1. The molecule has 0 spiro atoms. The Morgan fingerprint density at radius 1 is 1.15 bits per heavy atom. The molecule has 4 nitrogen and oxygen atoms in total. The Kier molecular flexibility index (Phi) is 4.28. The van der Waals surface area contributed by atoms with Gasteiger partial charge in [0.15, 0.2) is 0 Å². The van der Waals surface area contributed by atoms with Crippen molar-refractivity contribution in [1.82, 2.24) is 4.98 Å². The summed E-state index contributed by atoms with van der Waals surface area (Å²) < 4.78 is 14.0. The third kappa shape index (κ3) is 3.24. The second-order valence-corrected chi connectivity index (χ2v) is 6.66. The van der Waals surface area contributed by atoms with E-state index in [0.717, 1.165) is 27.8 Å². The van der Waals surface area contributed by atoms with Crippen molar-refractivity contribution < 1.29 is 9.18 Å². The minimum Gasteiger partial charge on any atom is -0.322 e. The van der Waals surface area contributed by atoms with Crippen LogP contribution in [0.25, 0.3) is 11.1 Å². The first-order valence-electron chi connectivity index (χ1n) is 8.72. The van der Waals surface area contributed by atoms with Crippen molar-refractivity contribution in [2.24, 2.45) is 4.99 Å². The van der Waals surface area contributed by atoms with Gasteiger partial charge in [0.25, 0.3) is 5.91 Å². The molecular weight excluding hydrogens is 341 g/mol. The Morgan fingerprint density at radius 2 is 2.00 bits per heavy atom. The number of aryl methyl sites for hydroxylation is 1. The van der Waals surface area contributed by atoms with E-state index in [1.165, 1.54) is 6.07 Å². The normalized spacial score (nSPS) is 14.9. The van der Waals surface area contributed by atoms with Gasteiger partial charge < -0.3 is 5.32 Å². The fourth-order valence-corrected chi connectivity index (χ4v) is 3.24. The molecule has 3 aromatic rings. The fourth-order valence-electron chi connectivity index (χ4n) is 3.24. The van der Waals surface area contributed by atoms with E-state index in [4.69, 9.17) is 0 Å². The highest BCUT2D eigenvalue weighted by Crippen LogP contribution is 2.33. The van der Waals surface area contributed by atoms with Gasteiger partial charge in [-0.05, 0) is 43.7 Å². The lowest BCUT2D eigenvalue weighted by Gasteiger charge is -2.11.